The molecule has 0 fully saturated rings. The zero-order valence-electron chi connectivity index (χ0n) is 10.6. The predicted molar refractivity (Wildman–Crippen MR) is 74.3 cm³/mol. The van der Waals surface area contributed by atoms with Crippen LogP contribution in [-0.4, -0.2) is 22.2 Å². The van der Waals surface area contributed by atoms with E-state index in [1.54, 1.807) is 31.6 Å². The van der Waals surface area contributed by atoms with Crippen molar-refractivity contribution in [2.45, 2.75) is 6.54 Å². The van der Waals surface area contributed by atoms with Gasteiger partial charge in [-0.3, -0.25) is 4.57 Å². The molecule has 0 amide bonds. The van der Waals surface area contributed by atoms with Crippen LogP contribution in [0.1, 0.15) is 15.9 Å². The van der Waals surface area contributed by atoms with Crippen LogP contribution in [0.4, 0.5) is 0 Å². The second-order valence-electron chi connectivity index (χ2n) is 4.11. The Morgan fingerprint density at radius 3 is 2.68 bits per heavy atom. The van der Waals surface area contributed by atoms with Crippen molar-refractivity contribution >= 4 is 21.9 Å². The van der Waals surface area contributed by atoms with E-state index < -0.39 is 5.97 Å². The average molecular weight is 325 g/mol. The molecule has 19 heavy (non-hydrogen) atoms. The minimum absolute atomic E-state index is 0.129. The van der Waals surface area contributed by atoms with Crippen LogP contribution in [0.3, 0.4) is 0 Å². The standard InChI is InChI=1S/C13H13BrN2O3/c1-15-5-6-16(13(15)18)8-9-7-10(14)3-4-11(9)12(17)19-2/h3-7H,8H2,1-2H3. The highest BCUT2D eigenvalue weighted by molar-refractivity contribution is 9.10. The van der Waals surface area contributed by atoms with Crippen molar-refractivity contribution in [1.82, 2.24) is 9.13 Å². The number of carbonyl (C=O) groups excluding carboxylic acids is 1. The molecule has 0 atom stereocenters. The maximum Gasteiger partial charge on any atom is 0.338 e. The van der Waals surface area contributed by atoms with E-state index in [0.717, 1.165) is 10.0 Å². The van der Waals surface area contributed by atoms with E-state index >= 15 is 0 Å². The van der Waals surface area contributed by atoms with Gasteiger partial charge in [-0.1, -0.05) is 15.9 Å². The van der Waals surface area contributed by atoms with Crippen LogP contribution in [0.25, 0.3) is 0 Å². The largest absolute Gasteiger partial charge is 0.465 e. The van der Waals surface area contributed by atoms with E-state index in [2.05, 4.69) is 15.9 Å². The van der Waals surface area contributed by atoms with E-state index in [1.165, 1.54) is 16.2 Å². The fourth-order valence-electron chi connectivity index (χ4n) is 1.82. The number of methoxy groups -OCH3 is 1. The number of rotatable bonds is 3. The predicted octanol–water partition coefficient (Wildman–Crippen LogP) is 1.78. The molecule has 0 saturated carbocycles. The number of aryl methyl sites for hydroxylation is 1. The van der Waals surface area contributed by atoms with Crippen LogP contribution in [0.2, 0.25) is 0 Å². The molecule has 0 radical (unpaired) electrons. The Kier molecular flexibility index (Phi) is 3.90. The maximum absolute atomic E-state index is 11.8. The van der Waals surface area contributed by atoms with Gasteiger partial charge in [0.05, 0.1) is 19.2 Å². The number of carbonyl (C=O) groups is 1. The quantitative estimate of drug-likeness (QED) is 0.809. The van der Waals surface area contributed by atoms with E-state index in [1.807, 2.05) is 6.07 Å². The van der Waals surface area contributed by atoms with Crippen LogP contribution < -0.4 is 5.69 Å². The van der Waals surface area contributed by atoms with Crippen molar-refractivity contribution in [3.63, 3.8) is 0 Å². The Morgan fingerprint density at radius 1 is 1.37 bits per heavy atom. The Labute approximate surface area is 118 Å². The summed E-state index contributed by atoms with van der Waals surface area (Å²) in [6, 6.07) is 5.26. The summed E-state index contributed by atoms with van der Waals surface area (Å²) in [5.74, 6) is -0.411. The van der Waals surface area contributed by atoms with Gasteiger partial charge in [-0.05, 0) is 23.8 Å². The minimum atomic E-state index is -0.411. The summed E-state index contributed by atoms with van der Waals surface area (Å²) in [5, 5.41) is 0. The molecule has 1 aromatic carbocycles. The first-order chi connectivity index (χ1) is 9.02. The van der Waals surface area contributed by atoms with Crippen LogP contribution in [0.15, 0.2) is 39.9 Å². The lowest BCUT2D eigenvalue weighted by Gasteiger charge is -2.08. The number of hydrogen-bond donors (Lipinski definition) is 0. The van der Waals surface area contributed by atoms with Gasteiger partial charge in [0.1, 0.15) is 0 Å². The molecule has 0 N–H and O–H groups in total. The van der Waals surface area contributed by atoms with Gasteiger partial charge in [0, 0.05) is 23.9 Å². The van der Waals surface area contributed by atoms with Gasteiger partial charge in [-0.2, -0.15) is 0 Å². The van der Waals surface area contributed by atoms with E-state index in [9.17, 15) is 9.59 Å². The molecule has 100 valence electrons. The number of halogens is 1. The summed E-state index contributed by atoms with van der Waals surface area (Å²) in [7, 11) is 3.02. The molecule has 6 heteroatoms. The number of nitrogens with zero attached hydrogens (tertiary/aromatic N) is 2. The Hall–Kier alpha value is -1.82. The van der Waals surface area contributed by atoms with Crippen molar-refractivity contribution in [1.29, 1.82) is 0 Å². The first-order valence-electron chi connectivity index (χ1n) is 5.61. The lowest BCUT2D eigenvalue weighted by Crippen LogP contribution is -2.23. The zero-order chi connectivity index (χ0) is 14.0. The monoisotopic (exact) mass is 324 g/mol. The molecule has 0 bridgehead atoms. The number of hydrogen-bond acceptors (Lipinski definition) is 3. The smallest absolute Gasteiger partial charge is 0.338 e. The normalized spacial score (nSPS) is 10.5. The third-order valence-electron chi connectivity index (χ3n) is 2.83. The molecule has 1 aromatic heterocycles. The summed E-state index contributed by atoms with van der Waals surface area (Å²) in [4.78, 5) is 23.5. The molecule has 1 heterocycles. The third-order valence-corrected chi connectivity index (χ3v) is 3.32. The van der Waals surface area contributed by atoms with Gasteiger partial charge >= 0.3 is 11.7 Å². The van der Waals surface area contributed by atoms with Gasteiger partial charge in [0.15, 0.2) is 0 Å². The Balaban J connectivity index is 2.44. The Bertz CT molecular complexity index is 673. The summed E-state index contributed by atoms with van der Waals surface area (Å²) in [5.41, 5.74) is 1.06. The number of esters is 1. The SMILES string of the molecule is COC(=O)c1ccc(Br)cc1Cn1ccn(C)c1=O. The van der Waals surface area contributed by atoms with Crippen molar-refractivity contribution in [3.05, 3.63) is 56.7 Å². The zero-order valence-corrected chi connectivity index (χ0v) is 12.2. The van der Waals surface area contributed by atoms with Crippen LogP contribution in [0.5, 0.6) is 0 Å². The molecule has 0 spiro atoms. The summed E-state index contributed by atoms with van der Waals surface area (Å²) in [6.45, 7) is 0.323. The van der Waals surface area contributed by atoms with E-state index in [-0.39, 0.29) is 5.69 Å². The first kappa shape index (κ1) is 13.6. The second kappa shape index (κ2) is 5.44. The minimum Gasteiger partial charge on any atom is -0.465 e. The molecule has 0 saturated heterocycles. The van der Waals surface area contributed by atoms with Gasteiger partial charge in [0.2, 0.25) is 0 Å². The van der Waals surface area contributed by atoms with Crippen LogP contribution in [-0.2, 0) is 18.3 Å². The fraction of sp³-hybridized carbons (Fsp3) is 0.231. The average Bonchev–Trinajstić information content (AvgIpc) is 2.70. The first-order valence-corrected chi connectivity index (χ1v) is 6.40. The number of aromatic nitrogens is 2. The van der Waals surface area contributed by atoms with Crippen molar-refractivity contribution in [2.24, 2.45) is 7.05 Å². The van der Waals surface area contributed by atoms with Crippen LogP contribution in [0, 0.1) is 0 Å². The number of benzene rings is 1. The molecule has 5 nitrogen and oxygen atoms in total. The highest BCUT2D eigenvalue weighted by atomic mass is 79.9. The van der Waals surface area contributed by atoms with Gasteiger partial charge in [0.25, 0.3) is 0 Å². The summed E-state index contributed by atoms with van der Waals surface area (Å²) >= 11 is 3.36. The Morgan fingerprint density at radius 2 is 2.11 bits per heavy atom. The topological polar surface area (TPSA) is 53.2 Å². The number of imidazole rings is 1. The lowest BCUT2D eigenvalue weighted by atomic mass is 10.1. The highest BCUT2D eigenvalue weighted by Crippen LogP contribution is 2.18. The molecule has 0 unspecified atom stereocenters. The van der Waals surface area contributed by atoms with Crippen molar-refractivity contribution in [3.8, 4) is 0 Å². The van der Waals surface area contributed by atoms with Crippen molar-refractivity contribution < 1.29 is 9.53 Å². The second-order valence-corrected chi connectivity index (χ2v) is 5.03. The van der Waals surface area contributed by atoms with E-state index in [0.29, 0.717) is 12.1 Å². The van der Waals surface area contributed by atoms with E-state index in [4.69, 9.17) is 4.74 Å². The van der Waals surface area contributed by atoms with Gasteiger partial charge < -0.3 is 9.30 Å². The van der Waals surface area contributed by atoms with Gasteiger partial charge in [-0.25, -0.2) is 9.59 Å². The van der Waals surface area contributed by atoms with Gasteiger partial charge in [-0.15, -0.1) is 0 Å². The van der Waals surface area contributed by atoms with Crippen LogP contribution >= 0.6 is 15.9 Å². The molecular weight excluding hydrogens is 312 g/mol. The molecule has 0 aliphatic carbocycles. The number of ether oxygens (including phenoxy) is 1. The fourth-order valence-corrected chi connectivity index (χ4v) is 2.23. The third kappa shape index (κ3) is 2.78. The van der Waals surface area contributed by atoms with Crippen molar-refractivity contribution in [2.75, 3.05) is 7.11 Å². The summed E-state index contributed by atoms with van der Waals surface area (Å²) in [6.07, 6.45) is 3.36. The summed E-state index contributed by atoms with van der Waals surface area (Å²) < 4.78 is 8.61. The molecule has 0 aliphatic rings. The molecule has 0 aliphatic heterocycles. The molecular formula is C13H13BrN2O3. The maximum atomic E-state index is 11.8. The lowest BCUT2D eigenvalue weighted by molar-refractivity contribution is 0.0599. The highest BCUT2D eigenvalue weighted by Gasteiger charge is 2.13. The molecule has 2 aromatic rings. The molecule has 2 rings (SSSR count).